The lowest BCUT2D eigenvalue weighted by molar-refractivity contribution is 0.452. The SMILES string of the molecule is Cn1ncnc1SC1CCCCC1N. The minimum atomic E-state index is 0.324. The number of rotatable bonds is 2. The second-order valence-corrected chi connectivity index (χ2v) is 4.98. The minimum Gasteiger partial charge on any atom is -0.327 e. The molecule has 2 unspecified atom stereocenters. The van der Waals surface area contributed by atoms with Crippen molar-refractivity contribution in [2.24, 2.45) is 12.8 Å². The molecule has 2 N–H and O–H groups in total. The second kappa shape index (κ2) is 4.31. The number of thioether (sulfide) groups is 1. The Bertz CT molecular complexity index is 299. The number of nitrogens with two attached hydrogens (primary N) is 1. The molecule has 1 aromatic rings. The maximum atomic E-state index is 6.07. The lowest BCUT2D eigenvalue weighted by Crippen LogP contribution is -2.35. The van der Waals surface area contributed by atoms with E-state index in [4.69, 9.17) is 5.73 Å². The molecule has 2 rings (SSSR count). The van der Waals surface area contributed by atoms with Gasteiger partial charge in [-0.25, -0.2) is 9.67 Å². The van der Waals surface area contributed by atoms with Crippen molar-refractivity contribution in [3.63, 3.8) is 0 Å². The average Bonchev–Trinajstić information content (AvgIpc) is 2.56. The van der Waals surface area contributed by atoms with E-state index in [2.05, 4.69) is 10.1 Å². The molecule has 0 radical (unpaired) electrons. The first-order valence-corrected chi connectivity index (χ1v) is 5.91. The van der Waals surface area contributed by atoms with E-state index >= 15 is 0 Å². The molecule has 1 aliphatic carbocycles. The molecule has 14 heavy (non-hydrogen) atoms. The van der Waals surface area contributed by atoms with Crippen LogP contribution in [-0.2, 0) is 7.05 Å². The monoisotopic (exact) mass is 212 g/mol. The van der Waals surface area contributed by atoms with E-state index in [1.54, 1.807) is 18.1 Å². The highest BCUT2D eigenvalue weighted by atomic mass is 32.2. The van der Waals surface area contributed by atoms with Crippen LogP contribution in [0.5, 0.6) is 0 Å². The van der Waals surface area contributed by atoms with Crippen LogP contribution in [0.1, 0.15) is 25.7 Å². The van der Waals surface area contributed by atoms with E-state index in [9.17, 15) is 0 Å². The zero-order valence-corrected chi connectivity index (χ0v) is 9.20. The van der Waals surface area contributed by atoms with Crippen LogP contribution in [0.15, 0.2) is 11.5 Å². The first kappa shape index (κ1) is 9.98. The summed E-state index contributed by atoms with van der Waals surface area (Å²) in [6, 6.07) is 0.324. The van der Waals surface area contributed by atoms with Crippen LogP contribution in [0.4, 0.5) is 0 Å². The van der Waals surface area contributed by atoms with Gasteiger partial charge in [0.05, 0.1) is 0 Å². The Morgan fingerprint density at radius 3 is 2.93 bits per heavy atom. The molecule has 0 saturated heterocycles. The summed E-state index contributed by atoms with van der Waals surface area (Å²) in [5.41, 5.74) is 6.07. The number of nitrogens with zero attached hydrogens (tertiary/aromatic N) is 3. The molecule has 5 heteroatoms. The van der Waals surface area contributed by atoms with Crippen molar-refractivity contribution < 1.29 is 0 Å². The van der Waals surface area contributed by atoms with Crippen molar-refractivity contribution in [1.29, 1.82) is 0 Å². The van der Waals surface area contributed by atoms with Gasteiger partial charge in [0.25, 0.3) is 0 Å². The smallest absolute Gasteiger partial charge is 0.186 e. The molecule has 1 aromatic heterocycles. The van der Waals surface area contributed by atoms with Crippen molar-refractivity contribution in [2.75, 3.05) is 0 Å². The Hall–Kier alpha value is -0.550. The fourth-order valence-electron chi connectivity index (χ4n) is 1.80. The van der Waals surface area contributed by atoms with Gasteiger partial charge in [-0.3, -0.25) is 0 Å². The number of hydrogen-bond donors (Lipinski definition) is 1. The largest absolute Gasteiger partial charge is 0.327 e. The average molecular weight is 212 g/mol. The van der Waals surface area contributed by atoms with Gasteiger partial charge in [0, 0.05) is 18.3 Å². The summed E-state index contributed by atoms with van der Waals surface area (Å²) in [4.78, 5) is 4.20. The number of aryl methyl sites for hydroxylation is 1. The fourth-order valence-corrected chi connectivity index (χ4v) is 2.97. The zero-order chi connectivity index (χ0) is 9.97. The molecule has 0 amide bonds. The van der Waals surface area contributed by atoms with Crippen LogP contribution >= 0.6 is 11.8 Å². The molecule has 2 atom stereocenters. The van der Waals surface area contributed by atoms with Gasteiger partial charge >= 0.3 is 0 Å². The molecule has 0 bridgehead atoms. The van der Waals surface area contributed by atoms with Gasteiger partial charge in [-0.15, -0.1) is 0 Å². The van der Waals surface area contributed by atoms with E-state index in [0.717, 1.165) is 11.6 Å². The Labute approximate surface area is 88.3 Å². The van der Waals surface area contributed by atoms with Crippen LogP contribution in [0, 0.1) is 0 Å². The third-order valence-corrected chi connectivity index (χ3v) is 4.15. The van der Waals surface area contributed by atoms with E-state index < -0.39 is 0 Å². The predicted octanol–water partition coefficient (Wildman–Crippen LogP) is 1.18. The molecule has 0 spiro atoms. The van der Waals surface area contributed by atoms with E-state index in [0.29, 0.717) is 11.3 Å². The summed E-state index contributed by atoms with van der Waals surface area (Å²) in [6.07, 6.45) is 6.52. The van der Waals surface area contributed by atoms with Crippen LogP contribution < -0.4 is 5.73 Å². The van der Waals surface area contributed by atoms with Gasteiger partial charge in [0.15, 0.2) is 5.16 Å². The highest BCUT2D eigenvalue weighted by molar-refractivity contribution is 7.99. The first-order chi connectivity index (χ1) is 6.77. The molecule has 1 saturated carbocycles. The molecule has 1 fully saturated rings. The summed E-state index contributed by atoms with van der Waals surface area (Å²) >= 11 is 1.77. The Balaban J connectivity index is 1.99. The maximum Gasteiger partial charge on any atom is 0.186 e. The van der Waals surface area contributed by atoms with E-state index in [1.807, 2.05) is 11.7 Å². The van der Waals surface area contributed by atoms with Gasteiger partial charge < -0.3 is 5.73 Å². The lowest BCUT2D eigenvalue weighted by atomic mass is 9.96. The van der Waals surface area contributed by atoms with Crippen molar-refractivity contribution in [2.45, 2.75) is 42.1 Å². The van der Waals surface area contributed by atoms with Gasteiger partial charge in [-0.1, -0.05) is 24.6 Å². The van der Waals surface area contributed by atoms with Crippen LogP contribution in [0.25, 0.3) is 0 Å². The molecular weight excluding hydrogens is 196 g/mol. The van der Waals surface area contributed by atoms with E-state index in [1.165, 1.54) is 19.3 Å². The summed E-state index contributed by atoms with van der Waals surface area (Å²) in [6.45, 7) is 0. The van der Waals surface area contributed by atoms with Crippen LogP contribution in [0.2, 0.25) is 0 Å². The quantitative estimate of drug-likeness (QED) is 0.799. The zero-order valence-electron chi connectivity index (χ0n) is 8.39. The lowest BCUT2D eigenvalue weighted by Gasteiger charge is -2.27. The molecule has 4 nitrogen and oxygen atoms in total. The van der Waals surface area contributed by atoms with Crippen molar-refractivity contribution >= 4 is 11.8 Å². The standard InChI is InChI=1S/C9H16N4S/c1-13-9(11-6-12-13)14-8-5-3-2-4-7(8)10/h6-8H,2-5,10H2,1H3. The molecular formula is C9H16N4S. The summed E-state index contributed by atoms with van der Waals surface area (Å²) in [5.74, 6) is 0. The third kappa shape index (κ3) is 2.09. The van der Waals surface area contributed by atoms with Crippen LogP contribution in [-0.4, -0.2) is 26.1 Å². The Morgan fingerprint density at radius 2 is 2.29 bits per heavy atom. The molecule has 78 valence electrons. The Kier molecular flexibility index (Phi) is 3.08. The predicted molar refractivity (Wildman–Crippen MR) is 57.1 cm³/mol. The maximum absolute atomic E-state index is 6.07. The van der Waals surface area contributed by atoms with Gasteiger partial charge in [-0.05, 0) is 12.8 Å². The Morgan fingerprint density at radius 1 is 1.50 bits per heavy atom. The molecule has 1 aliphatic rings. The van der Waals surface area contributed by atoms with Crippen molar-refractivity contribution in [3.8, 4) is 0 Å². The fraction of sp³-hybridized carbons (Fsp3) is 0.778. The summed E-state index contributed by atoms with van der Waals surface area (Å²) in [5, 5.41) is 5.55. The van der Waals surface area contributed by atoms with Crippen molar-refractivity contribution in [3.05, 3.63) is 6.33 Å². The van der Waals surface area contributed by atoms with Gasteiger partial charge in [0.1, 0.15) is 6.33 Å². The summed E-state index contributed by atoms with van der Waals surface area (Å²) in [7, 11) is 1.92. The summed E-state index contributed by atoms with van der Waals surface area (Å²) < 4.78 is 1.81. The third-order valence-electron chi connectivity index (χ3n) is 2.68. The van der Waals surface area contributed by atoms with Crippen LogP contribution in [0.3, 0.4) is 0 Å². The van der Waals surface area contributed by atoms with Gasteiger partial charge in [-0.2, -0.15) is 5.10 Å². The topological polar surface area (TPSA) is 56.7 Å². The van der Waals surface area contributed by atoms with Gasteiger partial charge in [0.2, 0.25) is 0 Å². The minimum absolute atomic E-state index is 0.324. The number of hydrogen-bond acceptors (Lipinski definition) is 4. The second-order valence-electron chi connectivity index (χ2n) is 3.77. The first-order valence-electron chi connectivity index (χ1n) is 5.03. The molecule has 0 aliphatic heterocycles. The normalized spacial score (nSPS) is 27.9. The highest BCUT2D eigenvalue weighted by Gasteiger charge is 2.24. The molecule has 0 aromatic carbocycles. The number of aromatic nitrogens is 3. The van der Waals surface area contributed by atoms with E-state index in [-0.39, 0.29) is 0 Å². The highest BCUT2D eigenvalue weighted by Crippen LogP contribution is 2.31. The molecule has 1 heterocycles. The van der Waals surface area contributed by atoms with Crippen molar-refractivity contribution in [1.82, 2.24) is 14.8 Å².